The van der Waals surface area contributed by atoms with Crippen molar-refractivity contribution < 1.29 is 4.79 Å². The van der Waals surface area contributed by atoms with Crippen molar-refractivity contribution in [2.45, 2.75) is 45.6 Å². The van der Waals surface area contributed by atoms with Crippen molar-refractivity contribution in [3.63, 3.8) is 0 Å². The lowest BCUT2D eigenvalue weighted by Gasteiger charge is -2.13. The van der Waals surface area contributed by atoms with E-state index < -0.39 is 6.04 Å². The summed E-state index contributed by atoms with van der Waals surface area (Å²) in [6.07, 6.45) is 4.57. The monoisotopic (exact) mass is 289 g/mol. The largest absolute Gasteiger partial charge is 0.320 e. The molecule has 6 heteroatoms. The summed E-state index contributed by atoms with van der Waals surface area (Å²) in [5.74, 6) is 0.00989. The second kappa shape index (κ2) is 6.50. The van der Waals surface area contributed by atoms with Crippen LogP contribution in [0.15, 0.2) is 0 Å². The van der Waals surface area contributed by atoms with E-state index in [0.717, 1.165) is 18.5 Å². The molecule has 1 atom stereocenters. The van der Waals surface area contributed by atoms with Gasteiger partial charge in [0.1, 0.15) is 0 Å². The number of anilines is 1. The van der Waals surface area contributed by atoms with E-state index in [1.54, 1.807) is 11.3 Å². The van der Waals surface area contributed by atoms with E-state index >= 15 is 0 Å². The van der Waals surface area contributed by atoms with Gasteiger partial charge in [0, 0.05) is 4.88 Å². The molecule has 2 rings (SSSR count). The van der Waals surface area contributed by atoms with E-state index in [-0.39, 0.29) is 24.2 Å². The van der Waals surface area contributed by atoms with Crippen molar-refractivity contribution in [1.82, 2.24) is 4.98 Å². The standard InChI is InChI=1S/C12H19N3OS.ClH/c1-7(2)10(13)11(16)15-12-14-8-5-3-4-6-9(8)17-12;/h7,10H,3-6,13H2,1-2H3,(H,14,15,16);1H/t10-;/m0./s1. The highest BCUT2D eigenvalue weighted by atomic mass is 35.5. The van der Waals surface area contributed by atoms with Crippen LogP contribution >= 0.6 is 23.7 Å². The average Bonchev–Trinajstić information content (AvgIpc) is 2.69. The Kier molecular flexibility index (Phi) is 5.56. The number of rotatable bonds is 3. The van der Waals surface area contributed by atoms with Gasteiger partial charge in [-0.05, 0) is 31.6 Å². The molecule has 0 unspecified atom stereocenters. The van der Waals surface area contributed by atoms with Gasteiger partial charge in [0.2, 0.25) is 5.91 Å². The second-order valence-corrected chi connectivity index (χ2v) is 5.94. The van der Waals surface area contributed by atoms with Crippen molar-refractivity contribution in [3.05, 3.63) is 10.6 Å². The number of fused-ring (bicyclic) bond motifs is 1. The van der Waals surface area contributed by atoms with Crippen LogP contribution in [0.25, 0.3) is 0 Å². The van der Waals surface area contributed by atoms with Crippen molar-refractivity contribution in [3.8, 4) is 0 Å². The first-order chi connectivity index (χ1) is 8.08. The van der Waals surface area contributed by atoms with E-state index in [4.69, 9.17) is 5.73 Å². The Labute approximate surface area is 118 Å². The molecule has 0 fully saturated rings. The van der Waals surface area contributed by atoms with Crippen LogP contribution in [-0.4, -0.2) is 16.9 Å². The smallest absolute Gasteiger partial charge is 0.243 e. The molecule has 1 aromatic heterocycles. The molecule has 0 bridgehead atoms. The molecule has 1 aromatic rings. The van der Waals surface area contributed by atoms with Crippen molar-refractivity contribution in [2.75, 3.05) is 5.32 Å². The Balaban J connectivity index is 0.00000162. The lowest BCUT2D eigenvalue weighted by atomic mass is 10.0. The van der Waals surface area contributed by atoms with Gasteiger partial charge in [-0.15, -0.1) is 23.7 Å². The van der Waals surface area contributed by atoms with Gasteiger partial charge in [-0.2, -0.15) is 0 Å². The van der Waals surface area contributed by atoms with Gasteiger partial charge in [-0.25, -0.2) is 4.98 Å². The number of amides is 1. The highest BCUT2D eigenvalue weighted by Crippen LogP contribution is 2.29. The maximum atomic E-state index is 11.8. The molecule has 1 aliphatic carbocycles. The predicted octanol–water partition coefficient (Wildman–Crippen LogP) is 2.37. The fraction of sp³-hybridized carbons (Fsp3) is 0.667. The molecular formula is C12H20ClN3OS. The molecular weight excluding hydrogens is 270 g/mol. The fourth-order valence-corrected chi connectivity index (χ4v) is 2.95. The Bertz CT molecular complexity index is 396. The number of thiazole rings is 1. The quantitative estimate of drug-likeness (QED) is 0.897. The minimum Gasteiger partial charge on any atom is -0.320 e. The van der Waals surface area contributed by atoms with Crippen LogP contribution < -0.4 is 11.1 Å². The number of aromatic nitrogens is 1. The molecule has 0 radical (unpaired) electrons. The van der Waals surface area contributed by atoms with Crippen LogP contribution in [0.3, 0.4) is 0 Å². The summed E-state index contributed by atoms with van der Waals surface area (Å²) in [5, 5.41) is 3.53. The topological polar surface area (TPSA) is 68.0 Å². The van der Waals surface area contributed by atoms with Crippen molar-refractivity contribution in [2.24, 2.45) is 11.7 Å². The first-order valence-corrected chi connectivity index (χ1v) is 6.94. The summed E-state index contributed by atoms with van der Waals surface area (Å²) in [7, 11) is 0. The van der Waals surface area contributed by atoms with Crippen LogP contribution in [0.1, 0.15) is 37.3 Å². The summed E-state index contributed by atoms with van der Waals surface area (Å²) in [5.41, 5.74) is 6.96. The molecule has 0 spiro atoms. The Morgan fingerprint density at radius 1 is 1.39 bits per heavy atom. The number of hydrogen-bond acceptors (Lipinski definition) is 4. The maximum Gasteiger partial charge on any atom is 0.243 e. The number of carbonyl (C=O) groups is 1. The normalized spacial score (nSPS) is 15.8. The van der Waals surface area contributed by atoms with Gasteiger partial charge in [0.05, 0.1) is 11.7 Å². The van der Waals surface area contributed by atoms with E-state index in [1.165, 1.54) is 17.7 Å². The van der Waals surface area contributed by atoms with Gasteiger partial charge >= 0.3 is 0 Å². The zero-order valence-corrected chi connectivity index (χ0v) is 12.4. The highest BCUT2D eigenvalue weighted by Gasteiger charge is 2.20. The fourth-order valence-electron chi connectivity index (χ4n) is 1.90. The zero-order chi connectivity index (χ0) is 12.4. The summed E-state index contributed by atoms with van der Waals surface area (Å²) in [6, 6.07) is -0.462. The lowest BCUT2D eigenvalue weighted by molar-refractivity contribution is -0.118. The molecule has 4 nitrogen and oxygen atoms in total. The average molecular weight is 290 g/mol. The van der Waals surface area contributed by atoms with Crippen molar-refractivity contribution >= 4 is 34.8 Å². The molecule has 18 heavy (non-hydrogen) atoms. The van der Waals surface area contributed by atoms with Crippen LogP contribution in [-0.2, 0) is 17.6 Å². The maximum absolute atomic E-state index is 11.8. The summed E-state index contributed by atoms with van der Waals surface area (Å²) in [4.78, 5) is 17.6. The first kappa shape index (κ1) is 15.4. The molecule has 0 aromatic carbocycles. The third-order valence-electron chi connectivity index (χ3n) is 3.10. The third kappa shape index (κ3) is 3.43. The van der Waals surface area contributed by atoms with Crippen LogP contribution in [0.5, 0.6) is 0 Å². The lowest BCUT2D eigenvalue weighted by Crippen LogP contribution is -2.39. The number of hydrogen-bond donors (Lipinski definition) is 2. The molecule has 102 valence electrons. The van der Waals surface area contributed by atoms with Crippen LogP contribution in [0.4, 0.5) is 5.13 Å². The molecule has 3 N–H and O–H groups in total. The van der Waals surface area contributed by atoms with E-state index in [9.17, 15) is 4.79 Å². The SMILES string of the molecule is CC(C)[C@H](N)C(=O)Nc1nc2c(s1)CCCC2.Cl. The Morgan fingerprint density at radius 3 is 2.67 bits per heavy atom. The third-order valence-corrected chi connectivity index (χ3v) is 4.17. The first-order valence-electron chi connectivity index (χ1n) is 6.13. The van der Waals surface area contributed by atoms with Crippen LogP contribution in [0, 0.1) is 5.92 Å². The number of carbonyl (C=O) groups excluding carboxylic acids is 1. The highest BCUT2D eigenvalue weighted by molar-refractivity contribution is 7.15. The van der Waals surface area contributed by atoms with Gasteiger partial charge in [-0.3, -0.25) is 4.79 Å². The van der Waals surface area contributed by atoms with Crippen molar-refractivity contribution in [1.29, 1.82) is 0 Å². The van der Waals surface area contributed by atoms with E-state index in [2.05, 4.69) is 10.3 Å². The van der Waals surface area contributed by atoms with Gasteiger partial charge in [-0.1, -0.05) is 13.8 Å². The summed E-state index contributed by atoms with van der Waals surface area (Å²) < 4.78 is 0. The van der Waals surface area contributed by atoms with E-state index in [0.29, 0.717) is 5.13 Å². The number of nitrogens with one attached hydrogen (secondary N) is 1. The van der Waals surface area contributed by atoms with Gasteiger partial charge in [0.15, 0.2) is 5.13 Å². The number of nitrogens with two attached hydrogens (primary N) is 1. The molecule has 0 saturated carbocycles. The molecule has 0 saturated heterocycles. The molecule has 1 amide bonds. The minimum atomic E-state index is -0.462. The number of nitrogens with zero attached hydrogens (tertiary/aromatic N) is 1. The van der Waals surface area contributed by atoms with Crippen LogP contribution in [0.2, 0.25) is 0 Å². The van der Waals surface area contributed by atoms with Gasteiger partial charge in [0.25, 0.3) is 0 Å². The number of aryl methyl sites for hydroxylation is 2. The van der Waals surface area contributed by atoms with Gasteiger partial charge < -0.3 is 11.1 Å². The second-order valence-electron chi connectivity index (χ2n) is 4.86. The Hall–Kier alpha value is -0.650. The number of halogens is 1. The summed E-state index contributed by atoms with van der Waals surface area (Å²) >= 11 is 1.59. The molecule has 0 aliphatic heterocycles. The molecule has 1 heterocycles. The zero-order valence-electron chi connectivity index (χ0n) is 10.7. The predicted molar refractivity (Wildman–Crippen MR) is 77.4 cm³/mol. The Morgan fingerprint density at radius 2 is 2.06 bits per heavy atom. The minimum absolute atomic E-state index is 0. The summed E-state index contributed by atoms with van der Waals surface area (Å²) in [6.45, 7) is 3.88. The molecule has 1 aliphatic rings. The van der Waals surface area contributed by atoms with E-state index in [1.807, 2.05) is 13.8 Å².